The summed E-state index contributed by atoms with van der Waals surface area (Å²) < 4.78 is 29.6. The van der Waals surface area contributed by atoms with Gasteiger partial charge < -0.3 is 28.5 Å². The minimum Gasteiger partial charge on any atom is -0.491 e. The Balaban J connectivity index is 1.88. The highest BCUT2D eigenvalue weighted by Gasteiger charge is 2.56. The fourth-order valence-electron chi connectivity index (χ4n) is 4.59. The number of ketones is 1. The van der Waals surface area contributed by atoms with E-state index in [9.17, 15) is 9.59 Å². The number of halogens is 1. The van der Waals surface area contributed by atoms with Crippen molar-refractivity contribution in [3.63, 3.8) is 0 Å². The van der Waals surface area contributed by atoms with Crippen molar-refractivity contribution in [3.8, 4) is 17.2 Å². The topological polar surface area (TPSA) is 80.3 Å². The summed E-state index contributed by atoms with van der Waals surface area (Å²) in [6, 6.07) is 20.2. The second-order valence-corrected chi connectivity index (χ2v) is 9.43. The van der Waals surface area contributed by atoms with Gasteiger partial charge in [0.25, 0.3) is 0 Å². The third-order valence-electron chi connectivity index (χ3n) is 6.27. The molecule has 37 heavy (non-hydrogen) atoms. The molecule has 0 saturated heterocycles. The first-order valence-electron chi connectivity index (χ1n) is 11.9. The Morgan fingerprint density at radius 1 is 0.919 bits per heavy atom. The quantitative estimate of drug-likeness (QED) is 0.203. The van der Waals surface area contributed by atoms with Gasteiger partial charge in [0.1, 0.15) is 42.3 Å². The fourth-order valence-corrected chi connectivity index (χ4v) is 4.85. The Bertz CT molecular complexity index is 1210. The van der Waals surface area contributed by atoms with Crippen LogP contribution in [-0.4, -0.2) is 52.7 Å². The van der Waals surface area contributed by atoms with Gasteiger partial charge in [-0.15, -0.1) is 0 Å². The Kier molecular flexibility index (Phi) is 8.97. The molecule has 7 nitrogen and oxygen atoms in total. The van der Waals surface area contributed by atoms with Gasteiger partial charge in [0, 0.05) is 48.7 Å². The molecule has 2 atom stereocenters. The first-order valence-corrected chi connectivity index (χ1v) is 12.7. The van der Waals surface area contributed by atoms with E-state index in [1.54, 1.807) is 26.4 Å². The summed E-state index contributed by atoms with van der Waals surface area (Å²) in [6.45, 7) is 1.29. The minimum atomic E-state index is -1.49. The average molecular weight is 569 g/mol. The van der Waals surface area contributed by atoms with E-state index in [-0.39, 0.29) is 18.8 Å². The average Bonchev–Trinajstić information content (AvgIpc) is 3.21. The molecule has 4 rings (SSSR count). The van der Waals surface area contributed by atoms with Crippen LogP contribution in [0, 0.1) is 0 Å². The molecule has 0 aromatic heterocycles. The van der Waals surface area contributed by atoms with Gasteiger partial charge in [-0.25, -0.2) is 0 Å². The van der Waals surface area contributed by atoms with Gasteiger partial charge in [0.15, 0.2) is 0 Å². The van der Waals surface area contributed by atoms with E-state index in [0.717, 1.165) is 16.3 Å². The summed E-state index contributed by atoms with van der Waals surface area (Å²) in [7, 11) is 3.17. The lowest BCUT2D eigenvalue weighted by Gasteiger charge is -2.35. The smallest absolute Gasteiger partial charge is 0.219 e. The molecule has 1 heterocycles. The molecule has 3 aromatic carbocycles. The van der Waals surface area contributed by atoms with Crippen molar-refractivity contribution in [1.82, 2.24) is 0 Å². The van der Waals surface area contributed by atoms with Crippen LogP contribution in [0.5, 0.6) is 17.2 Å². The minimum absolute atomic E-state index is 0.0802. The molecule has 0 radical (unpaired) electrons. The van der Waals surface area contributed by atoms with Crippen LogP contribution in [0.3, 0.4) is 0 Å². The predicted molar refractivity (Wildman–Crippen MR) is 142 cm³/mol. The maximum absolute atomic E-state index is 14.5. The normalized spacial score (nSPS) is 17.1. The van der Waals surface area contributed by atoms with Crippen LogP contribution in [0.4, 0.5) is 0 Å². The molecule has 1 unspecified atom stereocenters. The molecule has 3 aromatic rings. The van der Waals surface area contributed by atoms with E-state index in [4.69, 9.17) is 23.7 Å². The molecule has 1 aliphatic rings. The van der Waals surface area contributed by atoms with Gasteiger partial charge in [-0.1, -0.05) is 58.4 Å². The molecule has 8 heteroatoms. The van der Waals surface area contributed by atoms with E-state index in [1.807, 2.05) is 54.6 Å². The second kappa shape index (κ2) is 12.4. The Labute approximate surface area is 224 Å². The first-order chi connectivity index (χ1) is 18.0. The van der Waals surface area contributed by atoms with Crippen LogP contribution in [0.25, 0.3) is 0 Å². The second-order valence-electron chi connectivity index (χ2n) is 8.52. The highest BCUT2D eigenvalue weighted by molar-refractivity contribution is 9.10. The maximum atomic E-state index is 14.5. The molecule has 0 saturated carbocycles. The number of aldehydes is 1. The van der Waals surface area contributed by atoms with Crippen LogP contribution in [0.1, 0.15) is 33.8 Å². The lowest BCUT2D eigenvalue weighted by atomic mass is 9.72. The van der Waals surface area contributed by atoms with Crippen molar-refractivity contribution in [2.24, 2.45) is 0 Å². The predicted octanol–water partition coefficient (Wildman–Crippen LogP) is 5.34. The molecule has 194 valence electrons. The van der Waals surface area contributed by atoms with Crippen molar-refractivity contribution in [3.05, 3.63) is 87.9 Å². The van der Waals surface area contributed by atoms with Crippen molar-refractivity contribution < 1.29 is 33.3 Å². The third kappa shape index (κ3) is 5.56. The Morgan fingerprint density at radius 3 is 2.24 bits per heavy atom. The number of carbonyl (C=O) groups is 2. The summed E-state index contributed by atoms with van der Waals surface area (Å²) >= 11 is 3.47. The number of ether oxygens (including phenoxy) is 5. The van der Waals surface area contributed by atoms with Gasteiger partial charge in [-0.3, -0.25) is 4.79 Å². The standard InChI is InChI=1S/C29H29BrO7/c1-33-14-16-35-23-18-25(36-17-15-34-2)27-26(19-23)37-29(28(27)32,21-8-10-22(30)11-9-21)24(12-13-31)20-6-4-3-5-7-20/h3-11,13,18-19,24H,12,14-17H2,1-2H3/t24?,29-/m1/s1. The highest BCUT2D eigenvalue weighted by atomic mass is 79.9. The van der Waals surface area contributed by atoms with Gasteiger partial charge in [-0.2, -0.15) is 0 Å². The SMILES string of the molecule is COCCOc1cc(OCCOC)c2c(c1)O[C@](c1ccc(Br)cc1)(C(CC=O)c1ccccc1)C2=O. The van der Waals surface area contributed by atoms with Gasteiger partial charge in [0.05, 0.1) is 13.2 Å². The van der Waals surface area contributed by atoms with E-state index < -0.39 is 11.5 Å². The van der Waals surface area contributed by atoms with Crippen LogP contribution in [0.15, 0.2) is 71.2 Å². The first kappa shape index (κ1) is 26.9. The number of rotatable bonds is 13. The fraction of sp³-hybridized carbons (Fsp3) is 0.310. The Hall–Kier alpha value is -3.20. The monoisotopic (exact) mass is 568 g/mol. The lowest BCUT2D eigenvalue weighted by Crippen LogP contribution is -2.43. The largest absolute Gasteiger partial charge is 0.491 e. The zero-order valence-electron chi connectivity index (χ0n) is 20.8. The number of benzene rings is 3. The molecular formula is C29H29BrO7. The van der Waals surface area contributed by atoms with Crippen molar-refractivity contribution in [2.45, 2.75) is 17.9 Å². The zero-order valence-corrected chi connectivity index (χ0v) is 22.4. The number of methoxy groups -OCH3 is 2. The molecule has 0 aliphatic carbocycles. The van der Waals surface area contributed by atoms with E-state index >= 15 is 0 Å². The van der Waals surface area contributed by atoms with Crippen molar-refractivity contribution >= 4 is 28.0 Å². The van der Waals surface area contributed by atoms with Crippen LogP contribution in [0.2, 0.25) is 0 Å². The summed E-state index contributed by atoms with van der Waals surface area (Å²) in [5.41, 5.74) is 0.273. The van der Waals surface area contributed by atoms with E-state index in [0.29, 0.717) is 48.2 Å². The molecule has 0 fully saturated rings. The summed E-state index contributed by atoms with van der Waals surface area (Å²) in [6.07, 6.45) is 0.907. The molecule has 1 aliphatic heterocycles. The van der Waals surface area contributed by atoms with Gasteiger partial charge in [0.2, 0.25) is 11.4 Å². The molecular weight excluding hydrogens is 540 g/mol. The number of hydrogen-bond acceptors (Lipinski definition) is 7. The van der Waals surface area contributed by atoms with Crippen LogP contribution < -0.4 is 14.2 Å². The summed E-state index contributed by atoms with van der Waals surface area (Å²) in [5.74, 6) is 0.286. The van der Waals surface area contributed by atoms with Gasteiger partial charge in [-0.05, 0) is 17.7 Å². The molecule has 0 bridgehead atoms. The number of hydrogen-bond donors (Lipinski definition) is 0. The lowest BCUT2D eigenvalue weighted by molar-refractivity contribution is -0.109. The van der Waals surface area contributed by atoms with Crippen molar-refractivity contribution in [1.29, 1.82) is 0 Å². The van der Waals surface area contributed by atoms with Gasteiger partial charge >= 0.3 is 0 Å². The summed E-state index contributed by atoms with van der Waals surface area (Å²) in [4.78, 5) is 26.4. The molecule has 0 amide bonds. The molecule has 0 N–H and O–H groups in total. The third-order valence-corrected chi connectivity index (χ3v) is 6.80. The van der Waals surface area contributed by atoms with Crippen LogP contribution >= 0.6 is 15.9 Å². The Morgan fingerprint density at radius 2 is 1.59 bits per heavy atom. The number of Topliss-reactive ketones (excluding diaryl/α,β-unsaturated/α-hetero) is 1. The maximum Gasteiger partial charge on any atom is 0.219 e. The zero-order chi connectivity index (χ0) is 26.3. The van der Waals surface area contributed by atoms with E-state index in [1.165, 1.54) is 0 Å². The number of carbonyl (C=O) groups excluding carboxylic acids is 2. The van der Waals surface area contributed by atoms with Crippen LogP contribution in [-0.2, 0) is 19.9 Å². The number of fused-ring (bicyclic) bond motifs is 1. The highest BCUT2D eigenvalue weighted by Crippen LogP contribution is 2.54. The van der Waals surface area contributed by atoms with E-state index in [2.05, 4.69) is 15.9 Å². The van der Waals surface area contributed by atoms with Crippen molar-refractivity contribution in [2.75, 3.05) is 40.6 Å². The summed E-state index contributed by atoms with van der Waals surface area (Å²) in [5, 5.41) is 0. The molecule has 0 spiro atoms.